The lowest BCUT2D eigenvalue weighted by atomic mass is 9.95. The zero-order valence-electron chi connectivity index (χ0n) is 19.4. The summed E-state index contributed by atoms with van der Waals surface area (Å²) < 4.78 is 10.4. The molecule has 1 fully saturated rings. The number of rotatable bonds is 7. The van der Waals surface area contributed by atoms with Crippen LogP contribution in [0.5, 0.6) is 11.5 Å². The third-order valence-corrected chi connectivity index (χ3v) is 6.11. The van der Waals surface area contributed by atoms with Crippen LogP contribution in [0.2, 0.25) is 0 Å². The number of anilines is 1. The van der Waals surface area contributed by atoms with Gasteiger partial charge in [0.2, 0.25) is 0 Å². The Bertz CT molecular complexity index is 1080. The molecule has 1 aliphatic heterocycles. The zero-order valence-corrected chi connectivity index (χ0v) is 19.4. The molecule has 7 nitrogen and oxygen atoms in total. The molecule has 0 saturated carbocycles. The fourth-order valence-electron chi connectivity index (χ4n) is 4.12. The molecule has 2 aromatic carbocycles. The maximum atomic E-state index is 12.7. The Labute approximate surface area is 194 Å². The van der Waals surface area contributed by atoms with E-state index in [2.05, 4.69) is 27.3 Å². The van der Waals surface area contributed by atoms with Crippen LogP contribution in [0.15, 0.2) is 54.7 Å². The normalized spacial score (nSPS) is 14.6. The van der Waals surface area contributed by atoms with Crippen LogP contribution in [0.4, 0.5) is 5.69 Å². The van der Waals surface area contributed by atoms with Gasteiger partial charge in [-0.25, -0.2) is 9.97 Å². The van der Waals surface area contributed by atoms with Crippen molar-refractivity contribution in [3.05, 3.63) is 77.4 Å². The first-order chi connectivity index (χ1) is 16.1. The van der Waals surface area contributed by atoms with Crippen molar-refractivity contribution in [3.63, 3.8) is 0 Å². The SMILES string of the molecule is COc1ccc(CN2CCC(c3ncc(C(=O)Nc4ccc(OC)cc4)c(C)n3)CC2)cc1. The van der Waals surface area contributed by atoms with Gasteiger partial charge >= 0.3 is 0 Å². The van der Waals surface area contributed by atoms with Crippen molar-refractivity contribution in [2.75, 3.05) is 32.6 Å². The second-order valence-corrected chi connectivity index (χ2v) is 8.31. The number of ether oxygens (including phenoxy) is 2. The summed E-state index contributed by atoms with van der Waals surface area (Å²) in [7, 11) is 3.30. The Kier molecular flexibility index (Phi) is 7.19. The zero-order chi connectivity index (χ0) is 23.2. The highest BCUT2D eigenvalue weighted by molar-refractivity contribution is 6.04. The van der Waals surface area contributed by atoms with Gasteiger partial charge in [0, 0.05) is 24.3 Å². The highest BCUT2D eigenvalue weighted by atomic mass is 16.5. The molecule has 33 heavy (non-hydrogen) atoms. The number of methoxy groups -OCH3 is 2. The lowest BCUT2D eigenvalue weighted by Crippen LogP contribution is -2.33. The van der Waals surface area contributed by atoms with E-state index in [0.29, 0.717) is 22.9 Å². The maximum Gasteiger partial charge on any atom is 0.259 e. The average Bonchev–Trinajstić information content (AvgIpc) is 2.85. The smallest absolute Gasteiger partial charge is 0.259 e. The number of piperidine rings is 1. The van der Waals surface area contributed by atoms with Gasteiger partial charge < -0.3 is 14.8 Å². The molecule has 1 saturated heterocycles. The number of benzene rings is 2. The van der Waals surface area contributed by atoms with Gasteiger partial charge in [-0.3, -0.25) is 9.69 Å². The van der Waals surface area contributed by atoms with Gasteiger partial charge in [0.25, 0.3) is 5.91 Å². The number of carbonyl (C=O) groups excluding carboxylic acids is 1. The molecule has 0 bridgehead atoms. The number of hydrogen-bond donors (Lipinski definition) is 1. The van der Waals surface area contributed by atoms with E-state index in [9.17, 15) is 4.79 Å². The molecule has 0 unspecified atom stereocenters. The molecular formula is C26H30N4O3. The molecule has 1 amide bonds. The van der Waals surface area contributed by atoms with Gasteiger partial charge in [0.05, 0.1) is 25.5 Å². The summed E-state index contributed by atoms with van der Waals surface area (Å²) in [5.41, 5.74) is 3.18. The topological polar surface area (TPSA) is 76.6 Å². The van der Waals surface area contributed by atoms with Gasteiger partial charge in [-0.15, -0.1) is 0 Å². The van der Waals surface area contributed by atoms with E-state index >= 15 is 0 Å². The first kappa shape index (κ1) is 22.7. The van der Waals surface area contributed by atoms with Crippen molar-refractivity contribution in [1.29, 1.82) is 0 Å². The summed E-state index contributed by atoms with van der Waals surface area (Å²) in [6, 6.07) is 15.5. The van der Waals surface area contributed by atoms with Crippen LogP contribution in [0.1, 0.15) is 46.2 Å². The van der Waals surface area contributed by atoms with Crippen LogP contribution in [0.3, 0.4) is 0 Å². The minimum atomic E-state index is -0.210. The van der Waals surface area contributed by atoms with Crippen molar-refractivity contribution in [2.45, 2.75) is 32.2 Å². The molecule has 0 atom stereocenters. The minimum Gasteiger partial charge on any atom is -0.497 e. The van der Waals surface area contributed by atoms with Crippen molar-refractivity contribution in [2.24, 2.45) is 0 Å². The molecule has 2 heterocycles. The van der Waals surface area contributed by atoms with E-state index in [1.54, 1.807) is 32.5 Å². The third kappa shape index (κ3) is 5.68. The Balaban J connectivity index is 1.33. The van der Waals surface area contributed by atoms with Crippen molar-refractivity contribution >= 4 is 11.6 Å². The third-order valence-electron chi connectivity index (χ3n) is 6.11. The van der Waals surface area contributed by atoms with Crippen LogP contribution in [-0.4, -0.2) is 48.1 Å². The van der Waals surface area contributed by atoms with Crippen LogP contribution < -0.4 is 14.8 Å². The minimum absolute atomic E-state index is 0.210. The molecule has 0 spiro atoms. The highest BCUT2D eigenvalue weighted by Gasteiger charge is 2.24. The number of aryl methyl sites for hydroxylation is 1. The fraction of sp³-hybridized carbons (Fsp3) is 0.346. The van der Waals surface area contributed by atoms with E-state index in [-0.39, 0.29) is 5.91 Å². The van der Waals surface area contributed by atoms with E-state index in [4.69, 9.17) is 14.5 Å². The molecule has 7 heteroatoms. The Hall–Kier alpha value is -3.45. The Morgan fingerprint density at radius 1 is 1.00 bits per heavy atom. The molecule has 4 rings (SSSR count). The predicted octanol–water partition coefficient (Wildman–Crippen LogP) is 4.43. The number of hydrogen-bond acceptors (Lipinski definition) is 6. The van der Waals surface area contributed by atoms with Crippen LogP contribution in [-0.2, 0) is 6.54 Å². The second kappa shape index (κ2) is 10.4. The standard InChI is InChI=1S/C26H30N4O3/c1-18-24(26(31)29-21-6-10-23(33-3)11-7-21)16-27-25(28-18)20-12-14-30(15-13-20)17-19-4-8-22(32-2)9-5-19/h4-11,16,20H,12-15,17H2,1-3H3,(H,29,31). The van der Waals surface area contributed by atoms with Gasteiger partial charge in [-0.05, 0) is 74.8 Å². The quantitative estimate of drug-likeness (QED) is 0.578. The molecule has 1 aromatic heterocycles. The number of amides is 1. The number of likely N-dealkylation sites (tertiary alicyclic amines) is 1. The predicted molar refractivity (Wildman–Crippen MR) is 128 cm³/mol. The second-order valence-electron chi connectivity index (χ2n) is 8.31. The Morgan fingerprint density at radius 2 is 1.61 bits per heavy atom. The lowest BCUT2D eigenvalue weighted by Gasteiger charge is -2.31. The maximum absolute atomic E-state index is 12.7. The van der Waals surface area contributed by atoms with Crippen LogP contribution >= 0.6 is 0 Å². The first-order valence-corrected chi connectivity index (χ1v) is 11.2. The molecule has 0 radical (unpaired) electrons. The fourth-order valence-corrected chi connectivity index (χ4v) is 4.12. The summed E-state index contributed by atoms with van der Waals surface area (Å²) in [6.07, 6.45) is 3.67. The molecule has 3 aromatic rings. The molecule has 172 valence electrons. The molecule has 1 N–H and O–H groups in total. The summed E-state index contributed by atoms with van der Waals surface area (Å²) in [5, 5.41) is 2.90. The van der Waals surface area contributed by atoms with Gasteiger partial charge in [0.1, 0.15) is 17.3 Å². The number of aromatic nitrogens is 2. The van der Waals surface area contributed by atoms with Gasteiger partial charge in [-0.1, -0.05) is 12.1 Å². The van der Waals surface area contributed by atoms with Crippen molar-refractivity contribution < 1.29 is 14.3 Å². The van der Waals surface area contributed by atoms with Gasteiger partial charge in [0.15, 0.2) is 0 Å². The van der Waals surface area contributed by atoms with E-state index < -0.39 is 0 Å². The first-order valence-electron chi connectivity index (χ1n) is 11.2. The monoisotopic (exact) mass is 446 g/mol. The number of nitrogens with one attached hydrogen (secondary N) is 1. The lowest BCUT2D eigenvalue weighted by molar-refractivity contribution is 0.102. The van der Waals surface area contributed by atoms with Crippen molar-refractivity contribution in [3.8, 4) is 11.5 Å². The van der Waals surface area contributed by atoms with E-state index in [0.717, 1.165) is 49.8 Å². The Morgan fingerprint density at radius 3 is 2.18 bits per heavy atom. The largest absolute Gasteiger partial charge is 0.497 e. The summed E-state index contributed by atoms with van der Waals surface area (Å²) in [6.45, 7) is 4.80. The molecule has 1 aliphatic rings. The van der Waals surface area contributed by atoms with Crippen LogP contribution in [0, 0.1) is 6.92 Å². The number of nitrogens with zero attached hydrogens (tertiary/aromatic N) is 3. The summed E-state index contributed by atoms with van der Waals surface area (Å²) in [5.74, 6) is 2.56. The average molecular weight is 447 g/mol. The molecular weight excluding hydrogens is 416 g/mol. The van der Waals surface area contributed by atoms with Crippen LogP contribution in [0.25, 0.3) is 0 Å². The van der Waals surface area contributed by atoms with E-state index in [1.807, 2.05) is 31.2 Å². The van der Waals surface area contributed by atoms with E-state index in [1.165, 1.54) is 5.56 Å². The van der Waals surface area contributed by atoms with Crippen molar-refractivity contribution in [1.82, 2.24) is 14.9 Å². The highest BCUT2D eigenvalue weighted by Crippen LogP contribution is 2.27. The summed E-state index contributed by atoms with van der Waals surface area (Å²) in [4.78, 5) is 24.4. The molecule has 0 aliphatic carbocycles. The van der Waals surface area contributed by atoms with Gasteiger partial charge in [-0.2, -0.15) is 0 Å². The number of carbonyl (C=O) groups is 1. The summed E-state index contributed by atoms with van der Waals surface area (Å²) >= 11 is 0.